The second kappa shape index (κ2) is 7.29. The molecule has 1 saturated heterocycles. The molecule has 1 aliphatic heterocycles. The summed E-state index contributed by atoms with van der Waals surface area (Å²) in [6.45, 7) is 2.97. The largest absolute Gasteiger partial charge is 0.332 e. The van der Waals surface area contributed by atoms with Crippen LogP contribution in [0.4, 0.5) is 11.4 Å². The third-order valence-corrected chi connectivity index (χ3v) is 4.80. The fourth-order valence-electron chi connectivity index (χ4n) is 2.16. The Kier molecular flexibility index (Phi) is 5.15. The highest BCUT2D eigenvalue weighted by atomic mass is 35.5. The van der Waals surface area contributed by atoms with Crippen molar-refractivity contribution in [3.63, 3.8) is 0 Å². The summed E-state index contributed by atoms with van der Waals surface area (Å²) in [5.41, 5.74) is 1.69. The molecule has 0 saturated carbocycles. The van der Waals surface area contributed by atoms with E-state index in [2.05, 4.69) is 22.2 Å². The minimum Gasteiger partial charge on any atom is -0.332 e. The number of benzene rings is 1. The van der Waals surface area contributed by atoms with Gasteiger partial charge in [0.25, 0.3) is 0 Å². The summed E-state index contributed by atoms with van der Waals surface area (Å²) < 4.78 is 0. The van der Waals surface area contributed by atoms with Gasteiger partial charge in [-0.3, -0.25) is 9.88 Å². The van der Waals surface area contributed by atoms with E-state index < -0.39 is 0 Å². The minimum atomic E-state index is 0.421. The number of amidine groups is 1. The molecule has 3 rings (SSSR count). The van der Waals surface area contributed by atoms with Crippen molar-refractivity contribution in [3.05, 3.63) is 53.8 Å². The van der Waals surface area contributed by atoms with Crippen molar-refractivity contribution in [1.29, 1.82) is 0 Å². The zero-order valence-corrected chi connectivity index (χ0v) is 14.8. The standard InChI is InChI=1S/C16H15ClN4S2/c1-11-10-21(15(22)19-13-5-2-4-12(17)8-13)16(23-11)20-14-6-3-7-18-9-14/h2-9,11H,10H2,1H3,(H,19,22). The van der Waals surface area contributed by atoms with Crippen molar-refractivity contribution < 1.29 is 0 Å². The summed E-state index contributed by atoms with van der Waals surface area (Å²) in [5.74, 6) is 0. The van der Waals surface area contributed by atoms with Crippen molar-refractivity contribution in [2.45, 2.75) is 12.2 Å². The third kappa shape index (κ3) is 4.22. The van der Waals surface area contributed by atoms with Gasteiger partial charge in [-0.25, -0.2) is 4.99 Å². The highest BCUT2D eigenvalue weighted by Gasteiger charge is 2.28. The monoisotopic (exact) mass is 362 g/mol. The lowest BCUT2D eigenvalue weighted by Gasteiger charge is -2.20. The van der Waals surface area contributed by atoms with E-state index in [0.29, 0.717) is 15.4 Å². The molecule has 118 valence electrons. The van der Waals surface area contributed by atoms with Gasteiger partial charge in [-0.1, -0.05) is 36.4 Å². The molecule has 2 heterocycles. The van der Waals surface area contributed by atoms with E-state index in [4.69, 9.17) is 23.8 Å². The number of nitrogens with zero attached hydrogens (tertiary/aromatic N) is 3. The first-order valence-electron chi connectivity index (χ1n) is 7.11. The lowest BCUT2D eigenvalue weighted by molar-refractivity contribution is 0.641. The molecule has 4 nitrogen and oxygen atoms in total. The fourth-order valence-corrected chi connectivity index (χ4v) is 3.72. The molecule has 0 aliphatic carbocycles. The van der Waals surface area contributed by atoms with Crippen LogP contribution in [0.3, 0.4) is 0 Å². The molecule has 7 heteroatoms. The molecule has 0 radical (unpaired) electrons. The Balaban J connectivity index is 1.79. The van der Waals surface area contributed by atoms with Crippen LogP contribution < -0.4 is 5.32 Å². The number of thioether (sulfide) groups is 1. The van der Waals surface area contributed by atoms with Crippen LogP contribution in [-0.4, -0.2) is 32.0 Å². The number of thiocarbonyl (C=S) groups is 1. The number of aliphatic imine (C=N–C) groups is 1. The third-order valence-electron chi connectivity index (χ3n) is 3.17. The maximum Gasteiger partial charge on any atom is 0.179 e. The summed E-state index contributed by atoms with van der Waals surface area (Å²) in [4.78, 5) is 10.8. The van der Waals surface area contributed by atoms with E-state index in [1.807, 2.05) is 41.3 Å². The number of aromatic nitrogens is 1. The van der Waals surface area contributed by atoms with Crippen molar-refractivity contribution in [1.82, 2.24) is 9.88 Å². The predicted molar refractivity (Wildman–Crippen MR) is 103 cm³/mol. The molecule has 1 aromatic carbocycles. The molecule has 1 N–H and O–H groups in total. The molecule has 0 bridgehead atoms. The van der Waals surface area contributed by atoms with Crippen molar-refractivity contribution in [2.24, 2.45) is 4.99 Å². The molecule has 0 amide bonds. The van der Waals surface area contributed by atoms with Crippen LogP contribution >= 0.6 is 35.6 Å². The first-order chi connectivity index (χ1) is 11.1. The molecule has 23 heavy (non-hydrogen) atoms. The molecular weight excluding hydrogens is 348 g/mol. The van der Waals surface area contributed by atoms with Gasteiger partial charge >= 0.3 is 0 Å². The zero-order chi connectivity index (χ0) is 16.2. The van der Waals surface area contributed by atoms with Gasteiger partial charge in [0.2, 0.25) is 0 Å². The van der Waals surface area contributed by atoms with Crippen LogP contribution in [0.25, 0.3) is 0 Å². The van der Waals surface area contributed by atoms with Crippen molar-refractivity contribution >= 4 is 57.2 Å². The van der Waals surface area contributed by atoms with Gasteiger partial charge in [-0.15, -0.1) is 0 Å². The molecule has 1 fully saturated rings. The number of hydrogen-bond acceptors (Lipinski definition) is 4. The van der Waals surface area contributed by atoms with E-state index in [1.165, 1.54) is 0 Å². The van der Waals surface area contributed by atoms with E-state index >= 15 is 0 Å². The Morgan fingerprint density at radius 1 is 1.43 bits per heavy atom. The second-order valence-electron chi connectivity index (χ2n) is 5.09. The summed E-state index contributed by atoms with van der Waals surface area (Å²) in [6.07, 6.45) is 3.47. The number of nitrogens with one attached hydrogen (secondary N) is 1. The van der Waals surface area contributed by atoms with Crippen LogP contribution in [0.2, 0.25) is 5.02 Å². The Hall–Kier alpha value is -1.63. The number of rotatable bonds is 2. The Morgan fingerprint density at radius 2 is 2.30 bits per heavy atom. The number of halogens is 1. The quantitative estimate of drug-likeness (QED) is 0.793. The van der Waals surface area contributed by atoms with Gasteiger partial charge in [0, 0.05) is 28.7 Å². The normalized spacial score (nSPS) is 19.1. The molecule has 1 unspecified atom stereocenters. The Bertz CT molecular complexity index is 736. The van der Waals surface area contributed by atoms with Gasteiger partial charge in [0.1, 0.15) is 0 Å². The summed E-state index contributed by atoms with van der Waals surface area (Å²) in [6, 6.07) is 11.3. The number of anilines is 1. The van der Waals surface area contributed by atoms with Crippen molar-refractivity contribution in [3.8, 4) is 0 Å². The van der Waals surface area contributed by atoms with Gasteiger partial charge in [0.15, 0.2) is 10.3 Å². The predicted octanol–water partition coefficient (Wildman–Crippen LogP) is 4.56. The molecule has 0 spiro atoms. The topological polar surface area (TPSA) is 40.5 Å². The second-order valence-corrected chi connectivity index (χ2v) is 7.31. The maximum absolute atomic E-state index is 6.02. The van der Waals surface area contributed by atoms with Gasteiger partial charge in [-0.05, 0) is 42.5 Å². The summed E-state index contributed by atoms with van der Waals surface area (Å²) in [5, 5.41) is 5.81. The average Bonchev–Trinajstić information content (AvgIpc) is 2.89. The molecule has 1 atom stereocenters. The summed E-state index contributed by atoms with van der Waals surface area (Å²) >= 11 is 13.3. The van der Waals surface area contributed by atoms with E-state index in [0.717, 1.165) is 23.1 Å². The highest BCUT2D eigenvalue weighted by Crippen LogP contribution is 2.28. The van der Waals surface area contributed by atoms with Crippen LogP contribution in [0, 0.1) is 0 Å². The minimum absolute atomic E-state index is 0.421. The van der Waals surface area contributed by atoms with Crippen LogP contribution in [0.15, 0.2) is 53.8 Å². The first kappa shape index (κ1) is 16.2. The number of hydrogen-bond donors (Lipinski definition) is 1. The first-order valence-corrected chi connectivity index (χ1v) is 8.78. The van der Waals surface area contributed by atoms with Crippen LogP contribution in [0.1, 0.15) is 6.92 Å². The highest BCUT2D eigenvalue weighted by molar-refractivity contribution is 8.14. The molecule has 1 aliphatic rings. The Labute approximate surface area is 150 Å². The van der Waals surface area contributed by atoms with E-state index in [1.54, 1.807) is 24.2 Å². The maximum atomic E-state index is 6.02. The SMILES string of the molecule is CC1CN(C(=S)Nc2cccc(Cl)c2)C(=Nc2cccnc2)S1. The molecular formula is C16H15ClN4S2. The fraction of sp³-hybridized carbons (Fsp3) is 0.188. The van der Waals surface area contributed by atoms with Crippen LogP contribution in [0.5, 0.6) is 0 Å². The smallest absolute Gasteiger partial charge is 0.179 e. The summed E-state index contributed by atoms with van der Waals surface area (Å²) in [7, 11) is 0. The lowest BCUT2D eigenvalue weighted by Crippen LogP contribution is -2.36. The van der Waals surface area contributed by atoms with Crippen molar-refractivity contribution in [2.75, 3.05) is 11.9 Å². The molecule has 2 aromatic rings. The van der Waals surface area contributed by atoms with E-state index in [-0.39, 0.29) is 0 Å². The van der Waals surface area contributed by atoms with Crippen LogP contribution in [-0.2, 0) is 0 Å². The zero-order valence-electron chi connectivity index (χ0n) is 12.4. The van der Waals surface area contributed by atoms with E-state index in [9.17, 15) is 0 Å². The number of pyridine rings is 1. The van der Waals surface area contributed by atoms with Gasteiger partial charge in [0.05, 0.1) is 11.9 Å². The van der Waals surface area contributed by atoms with Gasteiger partial charge in [-0.2, -0.15) is 0 Å². The van der Waals surface area contributed by atoms with Gasteiger partial charge < -0.3 is 5.32 Å². The average molecular weight is 363 g/mol. The lowest BCUT2D eigenvalue weighted by atomic mass is 10.3. The Morgan fingerprint density at radius 3 is 3.04 bits per heavy atom. The molecule has 1 aromatic heterocycles.